The van der Waals surface area contributed by atoms with Gasteiger partial charge < -0.3 is 9.62 Å². The van der Waals surface area contributed by atoms with E-state index in [-0.39, 0.29) is 0 Å². The van der Waals surface area contributed by atoms with Gasteiger partial charge in [-0.15, -0.1) is 0 Å². The molecule has 1 aliphatic rings. The van der Waals surface area contributed by atoms with Crippen molar-refractivity contribution >= 4 is 0 Å². The van der Waals surface area contributed by atoms with Gasteiger partial charge in [0.1, 0.15) is 5.75 Å². The molecule has 0 radical (unpaired) electrons. The quantitative estimate of drug-likeness (QED) is 0.616. The summed E-state index contributed by atoms with van der Waals surface area (Å²) < 4.78 is 5.42. The van der Waals surface area contributed by atoms with Crippen LogP contribution in [-0.2, 0) is 6.42 Å². The van der Waals surface area contributed by atoms with Crippen LogP contribution in [0.25, 0.3) is 0 Å². The first-order valence-electron chi connectivity index (χ1n) is 5.97. The average Bonchev–Trinajstić information content (AvgIpc) is 2.49. The van der Waals surface area contributed by atoms with Crippen LogP contribution in [0.15, 0.2) is 54.6 Å². The van der Waals surface area contributed by atoms with Gasteiger partial charge in [0.15, 0.2) is 5.75 Å². The van der Waals surface area contributed by atoms with Crippen LogP contribution in [0.5, 0.6) is 11.5 Å². The van der Waals surface area contributed by atoms with Crippen LogP contribution >= 0.6 is 0 Å². The maximum Gasteiger partial charge on any atom is 0.165 e. The molecule has 1 N–H and O–H groups in total. The van der Waals surface area contributed by atoms with Crippen molar-refractivity contribution in [2.75, 3.05) is 6.61 Å². The summed E-state index contributed by atoms with van der Waals surface area (Å²) in [6, 6.07) is 17.0. The topological polar surface area (TPSA) is 38.7 Å². The van der Waals surface area contributed by atoms with Crippen LogP contribution in [0.3, 0.4) is 0 Å². The van der Waals surface area contributed by atoms with Crippen LogP contribution < -0.4 is 9.62 Å². The lowest BCUT2D eigenvalue weighted by atomic mass is 10.1. The lowest BCUT2D eigenvalue weighted by Crippen LogP contribution is -2.07. The summed E-state index contributed by atoms with van der Waals surface area (Å²) in [5, 5.41) is 8.04. The predicted octanol–water partition coefficient (Wildman–Crippen LogP) is 3.55. The van der Waals surface area contributed by atoms with Crippen molar-refractivity contribution in [2.45, 2.75) is 12.8 Å². The molecule has 0 atom stereocenters. The van der Waals surface area contributed by atoms with Crippen LogP contribution in [0.4, 0.5) is 0 Å². The number of ether oxygens (including phenoxy) is 1. The van der Waals surface area contributed by atoms with Crippen LogP contribution in [0.2, 0.25) is 0 Å². The smallest absolute Gasteiger partial charge is 0.165 e. The number of aryl methyl sites for hydroxylation is 1. The maximum atomic E-state index is 8.04. The summed E-state index contributed by atoms with van der Waals surface area (Å²) >= 11 is 0. The van der Waals surface area contributed by atoms with Gasteiger partial charge in [-0.05, 0) is 36.6 Å². The predicted molar refractivity (Wildman–Crippen MR) is 70.0 cm³/mol. The van der Waals surface area contributed by atoms with Gasteiger partial charge >= 0.3 is 0 Å². The van der Waals surface area contributed by atoms with Gasteiger partial charge in [-0.3, -0.25) is 0 Å². The Labute approximate surface area is 107 Å². The third kappa shape index (κ3) is 3.50. The molecule has 1 aliphatic heterocycles. The summed E-state index contributed by atoms with van der Waals surface area (Å²) in [5.74, 6) is 1.54. The van der Waals surface area contributed by atoms with E-state index in [2.05, 4.69) is 17.0 Å². The van der Waals surface area contributed by atoms with Gasteiger partial charge in [0.25, 0.3) is 0 Å². The minimum atomic E-state index is 0.465. The molecule has 3 rings (SSSR count). The number of fused-ring (bicyclic) bond motifs is 1. The zero-order valence-electron chi connectivity index (χ0n) is 10.1. The first-order chi connectivity index (χ1) is 8.90. The third-order valence-corrected chi connectivity index (χ3v) is 2.67. The molecule has 0 spiro atoms. The average molecular weight is 244 g/mol. The van der Waals surface area contributed by atoms with E-state index in [9.17, 15) is 0 Å². The zero-order valence-corrected chi connectivity index (χ0v) is 10.1. The fourth-order valence-electron chi connectivity index (χ4n) is 1.78. The number of hydrogen-bond donors (Lipinski definition) is 1. The second-order valence-electron chi connectivity index (χ2n) is 3.96. The second kappa shape index (κ2) is 6.67. The molecule has 0 saturated carbocycles. The zero-order chi connectivity index (χ0) is 12.6. The minimum Gasteiger partial charge on any atom is -0.493 e. The number of hydrogen-bond acceptors (Lipinski definition) is 3. The Morgan fingerprint density at radius 2 is 1.67 bits per heavy atom. The molecule has 0 bridgehead atoms. The lowest BCUT2D eigenvalue weighted by Gasteiger charge is -2.15. The molecule has 0 aliphatic carbocycles. The largest absolute Gasteiger partial charge is 0.493 e. The number of benzene rings is 2. The van der Waals surface area contributed by atoms with Crippen molar-refractivity contribution in [1.82, 2.24) is 0 Å². The summed E-state index contributed by atoms with van der Waals surface area (Å²) in [6.45, 7) is 0.886. The molecular weight excluding hydrogens is 228 g/mol. The molecule has 0 fully saturated rings. The molecule has 0 amide bonds. The molecule has 3 nitrogen and oxygen atoms in total. The fourth-order valence-corrected chi connectivity index (χ4v) is 1.78. The van der Waals surface area contributed by atoms with E-state index < -0.39 is 0 Å². The van der Waals surface area contributed by atoms with Crippen molar-refractivity contribution in [3.63, 3.8) is 0 Å². The van der Waals surface area contributed by atoms with E-state index >= 15 is 0 Å². The first-order valence-corrected chi connectivity index (χ1v) is 5.97. The van der Waals surface area contributed by atoms with Gasteiger partial charge in [0.05, 0.1) is 6.61 Å². The van der Waals surface area contributed by atoms with E-state index in [1.54, 1.807) is 24.3 Å². The van der Waals surface area contributed by atoms with E-state index in [1.807, 2.05) is 18.2 Å². The van der Waals surface area contributed by atoms with E-state index in [1.165, 1.54) is 12.0 Å². The summed E-state index contributed by atoms with van der Waals surface area (Å²) in [5.41, 5.74) is 1.36. The fraction of sp³-hybridized carbons (Fsp3) is 0.200. The van der Waals surface area contributed by atoms with Crippen LogP contribution in [-0.4, -0.2) is 11.9 Å². The Balaban J connectivity index is 0.000000138. The van der Waals surface area contributed by atoms with Gasteiger partial charge in [-0.25, -0.2) is 5.26 Å². The Morgan fingerprint density at radius 1 is 0.944 bits per heavy atom. The van der Waals surface area contributed by atoms with Gasteiger partial charge in [-0.1, -0.05) is 36.4 Å². The van der Waals surface area contributed by atoms with Crippen molar-refractivity contribution in [3.8, 4) is 11.5 Å². The molecule has 3 heteroatoms. The highest BCUT2D eigenvalue weighted by molar-refractivity contribution is 5.34. The summed E-state index contributed by atoms with van der Waals surface area (Å²) in [7, 11) is 0. The van der Waals surface area contributed by atoms with Gasteiger partial charge in [0.2, 0.25) is 0 Å². The van der Waals surface area contributed by atoms with Crippen LogP contribution in [0, 0.1) is 0 Å². The van der Waals surface area contributed by atoms with Gasteiger partial charge in [0, 0.05) is 0 Å². The van der Waals surface area contributed by atoms with Crippen molar-refractivity contribution < 1.29 is 14.9 Å². The van der Waals surface area contributed by atoms with E-state index in [0.29, 0.717) is 5.75 Å². The maximum absolute atomic E-state index is 8.04. The lowest BCUT2D eigenvalue weighted by molar-refractivity contribution is -0.137. The Hall–Kier alpha value is -2.00. The minimum absolute atomic E-state index is 0.465. The van der Waals surface area contributed by atoms with Crippen molar-refractivity contribution in [3.05, 3.63) is 60.2 Å². The van der Waals surface area contributed by atoms with Crippen molar-refractivity contribution in [1.29, 1.82) is 0 Å². The molecular formula is C15H16O3. The second-order valence-corrected chi connectivity index (χ2v) is 3.96. The standard InChI is InChI=1S/C9H10O.C6H6O2/c1-2-6-9-8(4-1)5-3-7-10-9;7-8-6-4-2-1-3-5-6/h1-2,4,6H,3,5,7H2;1-5,7H. The molecule has 18 heavy (non-hydrogen) atoms. The molecule has 94 valence electrons. The highest BCUT2D eigenvalue weighted by Gasteiger charge is 2.06. The molecule has 0 unspecified atom stereocenters. The van der Waals surface area contributed by atoms with Crippen molar-refractivity contribution in [2.24, 2.45) is 0 Å². The normalized spacial score (nSPS) is 12.5. The molecule has 1 heterocycles. The summed E-state index contributed by atoms with van der Waals surface area (Å²) in [4.78, 5) is 3.91. The molecule has 2 aromatic rings. The molecule has 0 saturated heterocycles. The summed E-state index contributed by atoms with van der Waals surface area (Å²) in [6.07, 6.45) is 2.34. The van der Waals surface area contributed by atoms with Crippen LogP contribution in [0.1, 0.15) is 12.0 Å². The Kier molecular flexibility index (Phi) is 4.61. The Morgan fingerprint density at radius 3 is 2.33 bits per heavy atom. The van der Waals surface area contributed by atoms with E-state index in [0.717, 1.165) is 18.8 Å². The molecule has 2 aromatic carbocycles. The Bertz CT molecular complexity index is 443. The highest BCUT2D eigenvalue weighted by Crippen LogP contribution is 2.23. The van der Waals surface area contributed by atoms with E-state index in [4.69, 9.17) is 9.99 Å². The number of para-hydroxylation sites is 2. The highest BCUT2D eigenvalue weighted by atomic mass is 17.1. The molecule has 0 aromatic heterocycles. The first kappa shape index (κ1) is 12.5. The number of rotatable bonds is 1. The SMILES string of the molecule is OOc1ccccc1.c1ccc2c(c1)CCCO2. The van der Waals surface area contributed by atoms with Gasteiger partial charge in [-0.2, -0.15) is 0 Å². The monoisotopic (exact) mass is 244 g/mol. The third-order valence-electron chi connectivity index (χ3n) is 2.67.